The Kier molecular flexibility index (Phi) is 6.90. The molecule has 0 N–H and O–H groups in total. The highest BCUT2D eigenvalue weighted by atomic mass is 16.5. The number of aryl methyl sites for hydroxylation is 2. The van der Waals surface area contributed by atoms with Gasteiger partial charge in [0.15, 0.2) is 6.10 Å². The summed E-state index contributed by atoms with van der Waals surface area (Å²) in [6, 6.07) is 14.8. The molecule has 1 saturated heterocycles. The van der Waals surface area contributed by atoms with Gasteiger partial charge in [-0.3, -0.25) is 9.59 Å². The predicted molar refractivity (Wildman–Crippen MR) is 131 cm³/mol. The number of amides is 2. The maximum Gasteiger partial charge on any atom is 0.265 e. The molecule has 5 rings (SSSR count). The minimum absolute atomic E-state index is 0.102. The van der Waals surface area contributed by atoms with Crippen molar-refractivity contribution in [1.82, 2.24) is 10.1 Å². The summed E-state index contributed by atoms with van der Waals surface area (Å²) in [5.74, 6) is 1.75. The first-order valence-electron chi connectivity index (χ1n) is 12.1. The molecule has 9 nitrogen and oxygen atoms in total. The molecule has 2 aliphatic heterocycles. The van der Waals surface area contributed by atoms with Crippen molar-refractivity contribution in [3.8, 4) is 11.5 Å². The zero-order valence-corrected chi connectivity index (χ0v) is 20.4. The number of benzene rings is 2. The molecule has 0 spiro atoms. The Hall–Kier alpha value is -3.85. The molecular weight excluding hydrogens is 462 g/mol. The molecule has 2 amide bonds. The highest BCUT2D eigenvalue weighted by Gasteiger charge is 2.36. The van der Waals surface area contributed by atoms with Crippen LogP contribution in [0.1, 0.15) is 22.6 Å². The van der Waals surface area contributed by atoms with Crippen LogP contribution in [0.25, 0.3) is 0 Å². The van der Waals surface area contributed by atoms with Gasteiger partial charge in [-0.15, -0.1) is 0 Å². The standard InChI is InChI=1S/C27H29N3O6/c1-18-22(19(2)36-28-18)17-34-21-9-7-20(8-10-21)15-26(31)30-16-25(27(32)29-11-13-33-14-12-29)35-24-6-4-3-5-23(24)30/h3-10,25H,11-17H2,1-2H3. The van der Waals surface area contributed by atoms with Gasteiger partial charge in [0.25, 0.3) is 5.91 Å². The van der Waals surface area contributed by atoms with E-state index in [1.165, 1.54) is 0 Å². The summed E-state index contributed by atoms with van der Waals surface area (Å²) in [5.41, 5.74) is 3.27. The maximum atomic E-state index is 13.4. The first kappa shape index (κ1) is 23.9. The van der Waals surface area contributed by atoms with Gasteiger partial charge in [0, 0.05) is 13.1 Å². The Balaban J connectivity index is 1.26. The molecule has 3 heterocycles. The summed E-state index contributed by atoms with van der Waals surface area (Å²) >= 11 is 0. The van der Waals surface area contributed by atoms with Crippen molar-refractivity contribution in [3.63, 3.8) is 0 Å². The number of nitrogens with zero attached hydrogens (tertiary/aromatic N) is 3. The SMILES string of the molecule is Cc1noc(C)c1COc1ccc(CC(=O)N2CC(C(=O)N3CCOCC3)Oc3ccccc32)cc1. The third kappa shape index (κ3) is 5.06. The van der Waals surface area contributed by atoms with E-state index in [-0.39, 0.29) is 24.8 Å². The minimum atomic E-state index is -0.748. The minimum Gasteiger partial charge on any atom is -0.489 e. The molecule has 1 unspecified atom stereocenters. The molecular formula is C27H29N3O6. The van der Waals surface area contributed by atoms with E-state index in [1.54, 1.807) is 15.9 Å². The van der Waals surface area contributed by atoms with Gasteiger partial charge in [-0.1, -0.05) is 29.4 Å². The highest BCUT2D eigenvalue weighted by molar-refractivity contribution is 5.98. The van der Waals surface area contributed by atoms with Crippen LogP contribution in [-0.2, 0) is 27.4 Å². The Morgan fingerprint density at radius 2 is 1.81 bits per heavy atom. The fraction of sp³-hybridized carbons (Fsp3) is 0.370. The zero-order chi connectivity index (χ0) is 25.1. The smallest absolute Gasteiger partial charge is 0.265 e. The molecule has 2 aromatic carbocycles. The second-order valence-corrected chi connectivity index (χ2v) is 8.93. The van der Waals surface area contributed by atoms with Crippen LogP contribution in [0, 0.1) is 13.8 Å². The van der Waals surface area contributed by atoms with Gasteiger partial charge in [0.05, 0.1) is 43.1 Å². The lowest BCUT2D eigenvalue weighted by molar-refractivity contribution is -0.142. The lowest BCUT2D eigenvalue weighted by Gasteiger charge is -2.37. The maximum absolute atomic E-state index is 13.4. The van der Waals surface area contributed by atoms with Crippen molar-refractivity contribution in [2.75, 3.05) is 37.7 Å². The molecule has 1 atom stereocenters. The number of carbonyl (C=O) groups excluding carboxylic acids is 2. The van der Waals surface area contributed by atoms with Gasteiger partial charge in [-0.05, 0) is 43.7 Å². The van der Waals surface area contributed by atoms with Crippen molar-refractivity contribution < 1.29 is 28.3 Å². The summed E-state index contributed by atoms with van der Waals surface area (Å²) in [6.45, 7) is 6.35. The summed E-state index contributed by atoms with van der Waals surface area (Å²) in [4.78, 5) is 29.9. The monoisotopic (exact) mass is 491 g/mol. The van der Waals surface area contributed by atoms with E-state index in [4.69, 9.17) is 18.7 Å². The van der Waals surface area contributed by atoms with E-state index in [2.05, 4.69) is 5.16 Å². The van der Waals surface area contributed by atoms with Crippen LogP contribution < -0.4 is 14.4 Å². The number of anilines is 1. The quantitative estimate of drug-likeness (QED) is 0.523. The van der Waals surface area contributed by atoms with Crippen molar-refractivity contribution >= 4 is 17.5 Å². The van der Waals surface area contributed by atoms with E-state index < -0.39 is 6.10 Å². The Bertz CT molecular complexity index is 1210. The Labute approximate surface area is 209 Å². The number of ether oxygens (including phenoxy) is 3. The summed E-state index contributed by atoms with van der Waals surface area (Å²) < 4.78 is 22.4. The normalized spacial score (nSPS) is 17.3. The lowest BCUT2D eigenvalue weighted by Crippen LogP contribution is -2.54. The van der Waals surface area contributed by atoms with Crippen molar-refractivity contribution in [2.24, 2.45) is 0 Å². The van der Waals surface area contributed by atoms with Crippen molar-refractivity contribution in [1.29, 1.82) is 0 Å². The van der Waals surface area contributed by atoms with Gasteiger partial charge in [0.1, 0.15) is 23.9 Å². The topological polar surface area (TPSA) is 94.3 Å². The summed E-state index contributed by atoms with van der Waals surface area (Å²) in [7, 11) is 0. The van der Waals surface area contributed by atoms with Crippen LogP contribution in [0.15, 0.2) is 53.1 Å². The zero-order valence-electron chi connectivity index (χ0n) is 20.4. The first-order valence-corrected chi connectivity index (χ1v) is 12.1. The molecule has 1 aromatic heterocycles. The molecule has 0 bridgehead atoms. The van der Waals surface area contributed by atoms with Gasteiger partial charge >= 0.3 is 0 Å². The highest BCUT2D eigenvalue weighted by Crippen LogP contribution is 2.34. The number of morpholine rings is 1. The van der Waals surface area contributed by atoms with E-state index in [9.17, 15) is 9.59 Å². The number of fused-ring (bicyclic) bond motifs is 1. The van der Waals surface area contributed by atoms with Crippen LogP contribution in [-0.4, -0.2) is 60.8 Å². The first-order chi connectivity index (χ1) is 17.5. The van der Waals surface area contributed by atoms with Crippen LogP contribution in [0.2, 0.25) is 0 Å². The van der Waals surface area contributed by atoms with Gasteiger partial charge < -0.3 is 28.5 Å². The third-order valence-electron chi connectivity index (χ3n) is 6.52. The van der Waals surface area contributed by atoms with Gasteiger partial charge in [-0.25, -0.2) is 0 Å². The fourth-order valence-corrected chi connectivity index (χ4v) is 4.42. The number of hydrogen-bond acceptors (Lipinski definition) is 7. The van der Waals surface area contributed by atoms with Gasteiger partial charge in [0.2, 0.25) is 5.91 Å². The Morgan fingerprint density at radius 1 is 1.06 bits per heavy atom. The molecule has 3 aromatic rings. The van der Waals surface area contributed by atoms with Crippen LogP contribution in [0.3, 0.4) is 0 Å². The number of rotatable bonds is 6. The fourth-order valence-electron chi connectivity index (χ4n) is 4.42. The largest absolute Gasteiger partial charge is 0.489 e. The average Bonchev–Trinajstić information content (AvgIpc) is 3.24. The van der Waals surface area contributed by atoms with Crippen LogP contribution in [0.5, 0.6) is 11.5 Å². The van der Waals surface area contributed by atoms with Gasteiger partial charge in [-0.2, -0.15) is 0 Å². The number of aromatic nitrogens is 1. The second kappa shape index (κ2) is 10.4. The number of hydrogen-bond donors (Lipinski definition) is 0. The van der Waals surface area contributed by atoms with Crippen molar-refractivity contribution in [2.45, 2.75) is 33.0 Å². The van der Waals surface area contributed by atoms with E-state index in [0.29, 0.717) is 50.1 Å². The van der Waals surface area contributed by atoms with Crippen LogP contribution >= 0.6 is 0 Å². The molecule has 0 radical (unpaired) electrons. The number of carbonyl (C=O) groups is 2. The average molecular weight is 492 g/mol. The van der Waals surface area contributed by atoms with Crippen LogP contribution in [0.4, 0.5) is 5.69 Å². The molecule has 188 valence electrons. The van der Waals surface area contributed by atoms with Crippen molar-refractivity contribution in [3.05, 3.63) is 71.1 Å². The molecule has 1 fully saturated rings. The Morgan fingerprint density at radius 3 is 2.53 bits per heavy atom. The lowest BCUT2D eigenvalue weighted by atomic mass is 10.1. The molecule has 9 heteroatoms. The van der Waals surface area contributed by atoms with E-state index in [1.807, 2.05) is 56.3 Å². The molecule has 36 heavy (non-hydrogen) atoms. The summed E-state index contributed by atoms with van der Waals surface area (Å²) in [6.07, 6.45) is -0.557. The second-order valence-electron chi connectivity index (χ2n) is 8.93. The molecule has 2 aliphatic rings. The molecule has 0 saturated carbocycles. The predicted octanol–water partition coefficient (Wildman–Crippen LogP) is 3.07. The van der Waals surface area contributed by atoms with E-state index >= 15 is 0 Å². The third-order valence-corrected chi connectivity index (χ3v) is 6.52. The summed E-state index contributed by atoms with van der Waals surface area (Å²) in [5, 5.41) is 3.94. The van der Waals surface area contributed by atoms with E-state index in [0.717, 1.165) is 22.6 Å². The number of para-hydroxylation sites is 2. The molecule has 0 aliphatic carbocycles.